The van der Waals surface area contributed by atoms with Crippen LogP contribution in [0.5, 0.6) is 0 Å². The second kappa shape index (κ2) is 16.8. The van der Waals surface area contributed by atoms with Crippen LogP contribution in [-0.2, 0) is 9.53 Å². The normalized spacial score (nSPS) is 11.5. The molecule has 0 N–H and O–H groups in total. The molecule has 0 aromatic heterocycles. The maximum atomic E-state index is 13.4. The van der Waals surface area contributed by atoms with Gasteiger partial charge in [-0.15, -0.1) is 0 Å². The van der Waals surface area contributed by atoms with Crippen LogP contribution in [0.15, 0.2) is 12.7 Å². The molecule has 0 atom stereocenters. The summed E-state index contributed by atoms with van der Waals surface area (Å²) in [5.41, 5.74) is 0. The summed E-state index contributed by atoms with van der Waals surface area (Å²) in [4.78, 5) is 10.8. The highest BCUT2D eigenvalue weighted by atomic mass is 28.4. The Balaban J connectivity index is 3.07. The monoisotopic (exact) mass is 372 g/mol. The number of carbonyl (C=O) groups is 1. The number of unbranched alkanes of at least 4 members (excludes halogenated alkanes) is 13. The van der Waals surface area contributed by atoms with Crippen LogP contribution in [0.3, 0.4) is 0 Å². The van der Waals surface area contributed by atoms with Gasteiger partial charge in [0.2, 0.25) is 8.41 Å². The van der Waals surface area contributed by atoms with Crippen molar-refractivity contribution in [2.24, 2.45) is 0 Å². The molecule has 0 saturated carbocycles. The minimum atomic E-state index is -2.29. The van der Waals surface area contributed by atoms with Crippen molar-refractivity contribution in [3.05, 3.63) is 12.7 Å². The lowest BCUT2D eigenvalue weighted by molar-refractivity contribution is -0.137. The van der Waals surface area contributed by atoms with Crippen molar-refractivity contribution in [1.29, 1.82) is 0 Å². The lowest BCUT2D eigenvalue weighted by Gasteiger charge is -2.09. The molecule has 25 heavy (non-hydrogen) atoms. The molecule has 0 heterocycles. The standard InChI is InChI=1S/C21H41FO2Si/c1-4-21(23)24-19-17-15-13-11-9-7-5-6-8-10-12-14-16-18-20-25(2,3)22/h4H,1,5-20H2,2-3H3. The van der Waals surface area contributed by atoms with E-state index in [9.17, 15) is 8.90 Å². The molecular weight excluding hydrogens is 331 g/mol. The third kappa shape index (κ3) is 21.3. The molecule has 0 spiro atoms. The lowest BCUT2D eigenvalue weighted by Crippen LogP contribution is -2.16. The SMILES string of the molecule is C=CC(=O)OCCCCCCCCCCCCCCCC[Si](C)(C)F. The van der Waals surface area contributed by atoms with E-state index in [2.05, 4.69) is 6.58 Å². The summed E-state index contributed by atoms with van der Waals surface area (Å²) < 4.78 is 18.4. The van der Waals surface area contributed by atoms with Crippen molar-refractivity contribution >= 4 is 14.4 Å². The second-order valence-corrected chi connectivity index (χ2v) is 11.7. The molecule has 0 fully saturated rings. The molecule has 0 amide bonds. The summed E-state index contributed by atoms with van der Waals surface area (Å²) in [6.07, 6.45) is 18.9. The van der Waals surface area contributed by atoms with E-state index in [0.29, 0.717) is 6.61 Å². The minimum Gasteiger partial charge on any atom is -0.463 e. The molecule has 0 aliphatic rings. The van der Waals surface area contributed by atoms with Crippen LogP contribution in [0.1, 0.15) is 89.9 Å². The Kier molecular flexibility index (Phi) is 16.4. The van der Waals surface area contributed by atoms with Crippen LogP contribution in [0.2, 0.25) is 19.1 Å². The molecule has 0 saturated heterocycles. The summed E-state index contributed by atoms with van der Waals surface area (Å²) >= 11 is 0. The highest BCUT2D eigenvalue weighted by Crippen LogP contribution is 2.17. The topological polar surface area (TPSA) is 26.3 Å². The summed E-state index contributed by atoms with van der Waals surface area (Å²) in [5.74, 6) is -0.314. The largest absolute Gasteiger partial charge is 0.463 e. The number of ether oxygens (including phenoxy) is 1. The Morgan fingerprint density at radius 1 is 0.800 bits per heavy atom. The van der Waals surface area contributed by atoms with Gasteiger partial charge in [0.25, 0.3) is 0 Å². The zero-order valence-electron chi connectivity index (χ0n) is 16.8. The molecule has 148 valence electrons. The first-order valence-electron chi connectivity index (χ1n) is 10.4. The van der Waals surface area contributed by atoms with Gasteiger partial charge in [0.1, 0.15) is 0 Å². The van der Waals surface area contributed by atoms with Crippen LogP contribution < -0.4 is 0 Å². The van der Waals surface area contributed by atoms with Gasteiger partial charge in [-0.2, -0.15) is 0 Å². The zero-order valence-corrected chi connectivity index (χ0v) is 17.8. The molecule has 0 aliphatic heterocycles. The average Bonchev–Trinajstić information content (AvgIpc) is 2.56. The van der Waals surface area contributed by atoms with Crippen LogP contribution in [0.25, 0.3) is 0 Å². The Morgan fingerprint density at radius 3 is 1.52 bits per heavy atom. The summed E-state index contributed by atoms with van der Waals surface area (Å²) in [6.45, 7) is 7.53. The molecule has 0 rings (SSSR count). The van der Waals surface area contributed by atoms with Crippen LogP contribution in [0, 0.1) is 0 Å². The molecule has 2 nitrogen and oxygen atoms in total. The smallest absolute Gasteiger partial charge is 0.330 e. The van der Waals surface area contributed by atoms with Crippen LogP contribution >= 0.6 is 0 Å². The van der Waals surface area contributed by atoms with E-state index in [1.807, 2.05) is 13.1 Å². The van der Waals surface area contributed by atoms with Gasteiger partial charge in [0.15, 0.2) is 0 Å². The fourth-order valence-corrected chi connectivity index (χ4v) is 4.09. The number of halogens is 1. The third-order valence-corrected chi connectivity index (χ3v) is 6.12. The van der Waals surface area contributed by atoms with Crippen molar-refractivity contribution < 1.29 is 13.6 Å². The van der Waals surface area contributed by atoms with Crippen molar-refractivity contribution in [3.63, 3.8) is 0 Å². The van der Waals surface area contributed by atoms with E-state index >= 15 is 0 Å². The molecular formula is C21H41FO2Si. The molecule has 0 unspecified atom stereocenters. The van der Waals surface area contributed by atoms with Gasteiger partial charge >= 0.3 is 5.97 Å². The first kappa shape index (κ1) is 24.4. The summed E-state index contributed by atoms with van der Waals surface area (Å²) in [7, 11) is -2.29. The first-order chi connectivity index (χ1) is 12.0. The van der Waals surface area contributed by atoms with E-state index in [4.69, 9.17) is 4.74 Å². The first-order valence-corrected chi connectivity index (χ1v) is 13.5. The van der Waals surface area contributed by atoms with Gasteiger partial charge in [0, 0.05) is 6.08 Å². The maximum absolute atomic E-state index is 13.4. The minimum absolute atomic E-state index is 0.314. The number of esters is 1. The average molecular weight is 373 g/mol. The fourth-order valence-electron chi connectivity index (χ4n) is 3.00. The maximum Gasteiger partial charge on any atom is 0.330 e. The molecule has 0 aliphatic carbocycles. The predicted molar refractivity (Wildman–Crippen MR) is 109 cm³/mol. The zero-order chi connectivity index (χ0) is 18.8. The summed E-state index contributed by atoms with van der Waals surface area (Å²) in [6, 6.07) is 0.840. The molecule has 0 radical (unpaired) electrons. The van der Waals surface area contributed by atoms with E-state index in [0.717, 1.165) is 25.3 Å². The lowest BCUT2D eigenvalue weighted by atomic mass is 10.0. The number of rotatable bonds is 18. The molecule has 4 heteroatoms. The van der Waals surface area contributed by atoms with Crippen molar-refractivity contribution in [1.82, 2.24) is 0 Å². The van der Waals surface area contributed by atoms with Crippen molar-refractivity contribution in [3.8, 4) is 0 Å². The highest BCUT2D eigenvalue weighted by molar-refractivity contribution is 6.70. The van der Waals surface area contributed by atoms with Gasteiger partial charge in [-0.3, -0.25) is 0 Å². The predicted octanol–water partition coefficient (Wildman–Crippen LogP) is 7.35. The fraction of sp³-hybridized carbons (Fsp3) is 0.857. The third-order valence-electron chi connectivity index (χ3n) is 4.58. The Labute approximate surface area is 156 Å². The van der Waals surface area contributed by atoms with Gasteiger partial charge in [0.05, 0.1) is 6.61 Å². The number of hydrogen-bond donors (Lipinski definition) is 0. The Morgan fingerprint density at radius 2 is 1.16 bits per heavy atom. The van der Waals surface area contributed by atoms with E-state index in [-0.39, 0.29) is 5.97 Å². The highest BCUT2D eigenvalue weighted by Gasteiger charge is 2.18. The van der Waals surface area contributed by atoms with Crippen molar-refractivity contribution in [2.45, 2.75) is 109 Å². The van der Waals surface area contributed by atoms with Gasteiger partial charge in [-0.1, -0.05) is 90.0 Å². The van der Waals surface area contributed by atoms with E-state index < -0.39 is 8.41 Å². The van der Waals surface area contributed by atoms with Crippen molar-refractivity contribution in [2.75, 3.05) is 6.61 Å². The quantitative estimate of drug-likeness (QED) is 0.0826. The second-order valence-electron chi connectivity index (χ2n) is 7.79. The molecule has 0 aromatic rings. The summed E-state index contributed by atoms with van der Waals surface area (Å²) in [5, 5.41) is 0. The van der Waals surface area contributed by atoms with Gasteiger partial charge in [-0.05, 0) is 25.6 Å². The number of hydrogen-bond acceptors (Lipinski definition) is 2. The van der Waals surface area contributed by atoms with Crippen LogP contribution in [0.4, 0.5) is 4.11 Å². The van der Waals surface area contributed by atoms with E-state index in [1.54, 1.807) is 0 Å². The van der Waals surface area contributed by atoms with Crippen LogP contribution in [-0.4, -0.2) is 21.0 Å². The van der Waals surface area contributed by atoms with Gasteiger partial charge in [-0.25, -0.2) is 4.79 Å². The Hall–Kier alpha value is -0.643. The number of carbonyl (C=O) groups excluding carboxylic acids is 1. The van der Waals surface area contributed by atoms with Gasteiger partial charge < -0.3 is 8.84 Å². The van der Waals surface area contributed by atoms with E-state index in [1.165, 1.54) is 76.7 Å². The molecule has 0 bridgehead atoms. The Bertz CT molecular complexity index is 326. The molecule has 0 aromatic carbocycles.